The summed E-state index contributed by atoms with van der Waals surface area (Å²) in [7, 11) is 0. The summed E-state index contributed by atoms with van der Waals surface area (Å²) in [5, 5.41) is 2.24. The van der Waals surface area contributed by atoms with Crippen LogP contribution in [0.1, 0.15) is 0 Å². The molecular formula is C44H26N6O2. The number of aromatic nitrogens is 6. The van der Waals surface area contributed by atoms with Gasteiger partial charge in [0.15, 0.2) is 28.6 Å². The first-order valence-corrected chi connectivity index (χ1v) is 16.8. The number of oxazole rings is 2. The van der Waals surface area contributed by atoms with Crippen LogP contribution < -0.4 is 0 Å². The molecule has 8 heteroatoms. The maximum absolute atomic E-state index is 6.21. The largest absolute Gasteiger partial charge is 0.436 e. The molecule has 10 aromatic rings. The normalized spacial score (nSPS) is 11.5. The Labute approximate surface area is 297 Å². The molecule has 0 N–H and O–H groups in total. The molecule has 0 amide bonds. The predicted molar refractivity (Wildman–Crippen MR) is 203 cm³/mol. The fourth-order valence-corrected chi connectivity index (χ4v) is 6.46. The first-order chi connectivity index (χ1) is 25.7. The summed E-state index contributed by atoms with van der Waals surface area (Å²) in [6.45, 7) is 0. The minimum Gasteiger partial charge on any atom is -0.436 e. The van der Waals surface area contributed by atoms with Crippen molar-refractivity contribution in [3.63, 3.8) is 0 Å². The zero-order chi connectivity index (χ0) is 34.4. The predicted octanol–water partition coefficient (Wildman–Crippen LogP) is 10.7. The molecule has 0 radical (unpaired) electrons. The van der Waals surface area contributed by atoms with E-state index in [4.69, 9.17) is 33.8 Å². The zero-order valence-electron chi connectivity index (χ0n) is 27.5. The SMILES string of the molecule is c1ccc(-c2nc3ccc(-c4nc(-c5ccc(-c6cccc7ccncc67)cc5)nc(-c5ccc6nc(-c7ccccc7)oc6c5)n4)cc3o2)cc1. The maximum Gasteiger partial charge on any atom is 0.227 e. The lowest BCUT2D eigenvalue weighted by atomic mass is 9.99. The van der Waals surface area contributed by atoms with Crippen molar-refractivity contribution >= 4 is 33.0 Å². The van der Waals surface area contributed by atoms with Crippen molar-refractivity contribution in [2.24, 2.45) is 0 Å². The van der Waals surface area contributed by atoms with Crippen molar-refractivity contribution in [1.29, 1.82) is 0 Å². The van der Waals surface area contributed by atoms with Gasteiger partial charge in [-0.1, -0.05) is 78.9 Å². The number of benzene rings is 6. The lowest BCUT2D eigenvalue weighted by Gasteiger charge is -2.10. The molecule has 8 nitrogen and oxygen atoms in total. The molecule has 4 aromatic heterocycles. The van der Waals surface area contributed by atoms with Gasteiger partial charge in [0.25, 0.3) is 0 Å². The average molecular weight is 671 g/mol. The second kappa shape index (κ2) is 12.2. The number of rotatable bonds is 6. The molecule has 10 rings (SSSR count). The fraction of sp³-hybridized carbons (Fsp3) is 0. The molecule has 0 unspecified atom stereocenters. The van der Waals surface area contributed by atoms with E-state index in [0.29, 0.717) is 40.4 Å². The van der Waals surface area contributed by atoms with E-state index >= 15 is 0 Å². The smallest absolute Gasteiger partial charge is 0.227 e. The monoisotopic (exact) mass is 670 g/mol. The van der Waals surface area contributed by atoms with E-state index in [1.165, 1.54) is 0 Å². The van der Waals surface area contributed by atoms with Gasteiger partial charge in [-0.15, -0.1) is 0 Å². The van der Waals surface area contributed by atoms with E-state index in [9.17, 15) is 0 Å². The van der Waals surface area contributed by atoms with E-state index in [-0.39, 0.29) is 0 Å². The number of pyridine rings is 1. The average Bonchev–Trinajstić information content (AvgIpc) is 3.86. The van der Waals surface area contributed by atoms with Crippen LogP contribution in [0.15, 0.2) is 167 Å². The third-order valence-electron chi connectivity index (χ3n) is 9.11. The van der Waals surface area contributed by atoms with Crippen LogP contribution in [-0.2, 0) is 0 Å². The Morgan fingerprint density at radius 3 is 1.48 bits per heavy atom. The van der Waals surface area contributed by atoms with Crippen molar-refractivity contribution in [1.82, 2.24) is 29.9 Å². The lowest BCUT2D eigenvalue weighted by Crippen LogP contribution is -2.00. The highest BCUT2D eigenvalue weighted by atomic mass is 16.4. The van der Waals surface area contributed by atoms with Gasteiger partial charge >= 0.3 is 0 Å². The third-order valence-corrected chi connectivity index (χ3v) is 9.11. The van der Waals surface area contributed by atoms with Gasteiger partial charge < -0.3 is 8.83 Å². The molecule has 0 saturated carbocycles. The van der Waals surface area contributed by atoms with E-state index in [1.807, 2.05) is 128 Å². The summed E-state index contributed by atoms with van der Waals surface area (Å²) in [6.07, 6.45) is 3.72. The summed E-state index contributed by atoms with van der Waals surface area (Å²) >= 11 is 0. The van der Waals surface area contributed by atoms with Crippen LogP contribution in [0.2, 0.25) is 0 Å². The highest BCUT2D eigenvalue weighted by molar-refractivity contribution is 5.96. The molecule has 244 valence electrons. The summed E-state index contributed by atoms with van der Waals surface area (Å²) in [5.74, 6) is 2.67. The molecule has 0 atom stereocenters. The molecule has 52 heavy (non-hydrogen) atoms. The molecule has 0 aliphatic carbocycles. The van der Waals surface area contributed by atoms with Gasteiger partial charge in [-0.3, -0.25) is 4.98 Å². The Balaban J connectivity index is 1.09. The van der Waals surface area contributed by atoms with E-state index in [0.717, 1.165) is 60.8 Å². The summed E-state index contributed by atoms with van der Waals surface area (Å²) in [4.78, 5) is 28.8. The van der Waals surface area contributed by atoms with Crippen LogP contribution in [-0.4, -0.2) is 29.9 Å². The number of hydrogen-bond donors (Lipinski definition) is 0. The van der Waals surface area contributed by atoms with Crippen LogP contribution in [0.3, 0.4) is 0 Å². The van der Waals surface area contributed by atoms with Gasteiger partial charge in [0.1, 0.15) is 11.0 Å². The van der Waals surface area contributed by atoms with Crippen LogP contribution in [0.5, 0.6) is 0 Å². The van der Waals surface area contributed by atoms with Gasteiger partial charge in [-0.2, -0.15) is 0 Å². The number of fused-ring (bicyclic) bond motifs is 3. The van der Waals surface area contributed by atoms with Crippen molar-refractivity contribution in [3.8, 4) is 68.2 Å². The maximum atomic E-state index is 6.21. The Bertz CT molecular complexity index is 2760. The van der Waals surface area contributed by atoms with Gasteiger partial charge in [0.2, 0.25) is 11.8 Å². The van der Waals surface area contributed by atoms with Crippen LogP contribution >= 0.6 is 0 Å². The highest BCUT2D eigenvalue weighted by Gasteiger charge is 2.17. The van der Waals surface area contributed by atoms with Crippen LogP contribution in [0.4, 0.5) is 0 Å². The molecule has 0 aliphatic rings. The Kier molecular flexibility index (Phi) is 6.95. The fourth-order valence-electron chi connectivity index (χ4n) is 6.46. The molecule has 6 aromatic carbocycles. The Morgan fingerprint density at radius 1 is 0.385 bits per heavy atom. The standard InChI is InChI=1S/C44H26N6O2/c1-3-8-30(9-4-1)43-46-36-20-18-32(24-38(36)51-43)41-48-40(29-16-14-28(15-17-29)34-13-7-12-27-22-23-45-26-35(27)34)49-42(50-41)33-19-21-37-39(25-33)52-44(47-37)31-10-5-2-6-11-31/h1-26H. The summed E-state index contributed by atoms with van der Waals surface area (Å²) < 4.78 is 12.4. The Morgan fingerprint density at radius 2 is 0.904 bits per heavy atom. The highest BCUT2D eigenvalue weighted by Crippen LogP contribution is 2.33. The van der Waals surface area contributed by atoms with Crippen LogP contribution in [0, 0.1) is 0 Å². The van der Waals surface area contributed by atoms with Crippen LogP contribution in [0.25, 0.3) is 101 Å². The number of nitrogens with zero attached hydrogens (tertiary/aromatic N) is 6. The number of hydrogen-bond acceptors (Lipinski definition) is 8. The molecule has 0 fully saturated rings. The third kappa shape index (κ3) is 5.35. The molecular weight excluding hydrogens is 645 g/mol. The van der Waals surface area contributed by atoms with E-state index in [2.05, 4.69) is 35.3 Å². The van der Waals surface area contributed by atoms with Gasteiger partial charge in [0.05, 0.1) is 0 Å². The van der Waals surface area contributed by atoms with Gasteiger partial charge in [0, 0.05) is 45.6 Å². The first-order valence-electron chi connectivity index (χ1n) is 16.8. The molecule has 0 bridgehead atoms. The first kappa shape index (κ1) is 29.6. The summed E-state index contributed by atoms with van der Waals surface area (Å²) in [6, 6.07) is 48.0. The molecule has 0 saturated heterocycles. The van der Waals surface area contributed by atoms with E-state index < -0.39 is 0 Å². The molecule has 0 aliphatic heterocycles. The quantitative estimate of drug-likeness (QED) is 0.172. The minimum atomic E-state index is 0.506. The summed E-state index contributed by atoms with van der Waals surface area (Å²) in [5.41, 5.74) is 9.20. The van der Waals surface area contributed by atoms with Crippen molar-refractivity contribution in [2.45, 2.75) is 0 Å². The topological polar surface area (TPSA) is 104 Å². The zero-order valence-corrected chi connectivity index (χ0v) is 27.5. The van der Waals surface area contributed by atoms with E-state index in [1.54, 1.807) is 0 Å². The van der Waals surface area contributed by atoms with Gasteiger partial charge in [-0.05, 0) is 83.2 Å². The lowest BCUT2D eigenvalue weighted by molar-refractivity contribution is 0.619. The second-order valence-electron chi connectivity index (χ2n) is 12.4. The van der Waals surface area contributed by atoms with Crippen molar-refractivity contribution in [3.05, 3.63) is 158 Å². The van der Waals surface area contributed by atoms with Gasteiger partial charge in [-0.25, -0.2) is 24.9 Å². The van der Waals surface area contributed by atoms with Crippen molar-refractivity contribution < 1.29 is 8.83 Å². The Hall–Kier alpha value is -7.32. The van der Waals surface area contributed by atoms with Crippen molar-refractivity contribution in [2.75, 3.05) is 0 Å². The minimum absolute atomic E-state index is 0.506. The second-order valence-corrected chi connectivity index (χ2v) is 12.4. The molecule has 4 heterocycles. The molecule has 0 spiro atoms.